The Bertz CT molecular complexity index is 718. The van der Waals surface area contributed by atoms with Crippen LogP contribution in [0.1, 0.15) is 5.56 Å². The molecule has 0 atom stereocenters. The van der Waals surface area contributed by atoms with Crippen molar-refractivity contribution in [3.63, 3.8) is 0 Å². The van der Waals surface area contributed by atoms with Crippen molar-refractivity contribution in [3.05, 3.63) is 30.4 Å². The molecule has 0 N–H and O–H groups in total. The number of hydrogen-bond acceptors (Lipinski definition) is 8. The molecular weight excluding hydrogens is 328 g/mol. The van der Waals surface area contributed by atoms with Gasteiger partial charge in [0.15, 0.2) is 0 Å². The number of nitrogens with zero attached hydrogens (tertiary/aromatic N) is 8. The van der Waals surface area contributed by atoms with Gasteiger partial charge in [-0.05, 0) is 19.5 Å². The lowest BCUT2D eigenvalue weighted by Gasteiger charge is -2.36. The summed E-state index contributed by atoms with van der Waals surface area (Å²) in [5, 5.41) is 0. The summed E-state index contributed by atoms with van der Waals surface area (Å²) in [7, 11) is 2.17. The summed E-state index contributed by atoms with van der Waals surface area (Å²) in [6.45, 7) is 9.83. The second kappa shape index (κ2) is 7.41. The van der Waals surface area contributed by atoms with Crippen molar-refractivity contribution in [1.29, 1.82) is 0 Å². The topological polar surface area (TPSA) is 64.5 Å². The van der Waals surface area contributed by atoms with Crippen molar-refractivity contribution in [1.82, 2.24) is 24.8 Å². The van der Waals surface area contributed by atoms with Crippen LogP contribution in [0.4, 0.5) is 17.6 Å². The number of rotatable bonds is 3. The molecule has 0 unspecified atom stereocenters. The van der Waals surface area contributed by atoms with Crippen LogP contribution in [0.3, 0.4) is 0 Å². The smallest absolute Gasteiger partial charge is 0.225 e. The fourth-order valence-corrected chi connectivity index (χ4v) is 3.40. The predicted octanol–water partition coefficient (Wildman–Crippen LogP) is 0.653. The largest absolute Gasteiger partial charge is 0.354 e. The van der Waals surface area contributed by atoms with Gasteiger partial charge in [0, 0.05) is 70.8 Å². The molecule has 0 aromatic carbocycles. The lowest BCUT2D eigenvalue weighted by Crippen LogP contribution is -2.47. The number of anilines is 3. The Hall–Kier alpha value is -2.48. The van der Waals surface area contributed by atoms with E-state index in [-0.39, 0.29) is 0 Å². The first-order chi connectivity index (χ1) is 12.7. The lowest BCUT2D eigenvalue weighted by molar-refractivity contribution is 0.312. The zero-order valence-corrected chi connectivity index (χ0v) is 15.5. The molecule has 0 aliphatic carbocycles. The second-order valence-corrected chi connectivity index (χ2v) is 7.06. The maximum absolute atomic E-state index is 4.51. The molecule has 2 aromatic heterocycles. The molecule has 2 fully saturated rings. The minimum Gasteiger partial charge on any atom is -0.354 e. The van der Waals surface area contributed by atoms with Crippen LogP contribution in [0.5, 0.6) is 0 Å². The third-order valence-electron chi connectivity index (χ3n) is 5.12. The van der Waals surface area contributed by atoms with Gasteiger partial charge < -0.3 is 19.6 Å². The van der Waals surface area contributed by atoms with Gasteiger partial charge in [-0.25, -0.2) is 19.9 Å². The quantitative estimate of drug-likeness (QED) is 0.796. The summed E-state index contributed by atoms with van der Waals surface area (Å²) >= 11 is 0. The van der Waals surface area contributed by atoms with E-state index in [1.165, 1.54) is 0 Å². The molecule has 26 heavy (non-hydrogen) atoms. The van der Waals surface area contributed by atoms with E-state index in [1.54, 1.807) is 6.33 Å². The monoisotopic (exact) mass is 354 g/mol. The van der Waals surface area contributed by atoms with Crippen molar-refractivity contribution in [2.45, 2.75) is 6.92 Å². The van der Waals surface area contributed by atoms with Gasteiger partial charge in [-0.1, -0.05) is 0 Å². The molecule has 2 aliphatic heterocycles. The Morgan fingerprint density at radius 2 is 1.19 bits per heavy atom. The summed E-state index contributed by atoms with van der Waals surface area (Å²) in [6, 6.07) is 2.13. The third kappa shape index (κ3) is 3.70. The fourth-order valence-electron chi connectivity index (χ4n) is 3.40. The van der Waals surface area contributed by atoms with E-state index in [0.717, 1.165) is 75.5 Å². The molecule has 4 heterocycles. The Morgan fingerprint density at radius 3 is 1.77 bits per heavy atom. The van der Waals surface area contributed by atoms with Gasteiger partial charge in [-0.3, -0.25) is 0 Å². The van der Waals surface area contributed by atoms with E-state index in [1.807, 2.05) is 19.3 Å². The Balaban J connectivity index is 1.40. The van der Waals surface area contributed by atoms with Gasteiger partial charge in [0.2, 0.25) is 5.95 Å². The molecule has 0 amide bonds. The number of piperazine rings is 2. The number of hydrogen-bond donors (Lipinski definition) is 0. The van der Waals surface area contributed by atoms with Crippen molar-refractivity contribution >= 4 is 17.6 Å². The predicted molar refractivity (Wildman–Crippen MR) is 103 cm³/mol. The van der Waals surface area contributed by atoms with Crippen LogP contribution >= 0.6 is 0 Å². The van der Waals surface area contributed by atoms with Crippen LogP contribution in [0.2, 0.25) is 0 Å². The SMILES string of the molecule is Cc1cnc(N2CCN(c3cc(N4CCN(C)CC4)ncn3)CC2)nc1. The lowest BCUT2D eigenvalue weighted by atomic mass is 10.3. The highest BCUT2D eigenvalue weighted by Crippen LogP contribution is 2.21. The molecule has 2 aromatic rings. The highest BCUT2D eigenvalue weighted by atomic mass is 15.3. The van der Waals surface area contributed by atoms with Crippen LogP contribution in [-0.2, 0) is 0 Å². The number of aromatic nitrogens is 4. The summed E-state index contributed by atoms with van der Waals surface area (Å²) in [5.41, 5.74) is 1.09. The Morgan fingerprint density at radius 1 is 0.692 bits per heavy atom. The Labute approximate surface area is 154 Å². The van der Waals surface area contributed by atoms with Crippen molar-refractivity contribution in [3.8, 4) is 0 Å². The van der Waals surface area contributed by atoms with E-state index in [4.69, 9.17) is 0 Å². The van der Waals surface area contributed by atoms with E-state index in [0.29, 0.717) is 0 Å². The van der Waals surface area contributed by atoms with E-state index in [2.05, 4.69) is 52.6 Å². The first kappa shape index (κ1) is 17.0. The van der Waals surface area contributed by atoms with Crippen molar-refractivity contribution < 1.29 is 0 Å². The fraction of sp³-hybridized carbons (Fsp3) is 0.556. The van der Waals surface area contributed by atoms with Gasteiger partial charge >= 0.3 is 0 Å². The molecule has 4 rings (SSSR count). The van der Waals surface area contributed by atoms with Gasteiger partial charge in [-0.15, -0.1) is 0 Å². The minimum absolute atomic E-state index is 0.816. The van der Waals surface area contributed by atoms with E-state index >= 15 is 0 Å². The molecular formula is C18H26N8. The average molecular weight is 354 g/mol. The molecule has 2 aliphatic rings. The summed E-state index contributed by atoms with van der Waals surface area (Å²) < 4.78 is 0. The van der Waals surface area contributed by atoms with E-state index in [9.17, 15) is 0 Å². The molecule has 2 saturated heterocycles. The minimum atomic E-state index is 0.816. The molecule has 138 valence electrons. The van der Waals surface area contributed by atoms with Gasteiger partial charge in [-0.2, -0.15) is 0 Å². The first-order valence-electron chi connectivity index (χ1n) is 9.23. The summed E-state index contributed by atoms with van der Waals surface area (Å²) in [5.74, 6) is 2.86. The average Bonchev–Trinajstić information content (AvgIpc) is 2.69. The summed E-state index contributed by atoms with van der Waals surface area (Å²) in [6.07, 6.45) is 5.45. The molecule has 0 spiro atoms. The maximum atomic E-state index is 4.51. The Kier molecular flexibility index (Phi) is 4.83. The second-order valence-electron chi connectivity index (χ2n) is 7.06. The van der Waals surface area contributed by atoms with Crippen LogP contribution in [0, 0.1) is 6.92 Å². The zero-order chi connectivity index (χ0) is 17.9. The van der Waals surface area contributed by atoms with Crippen LogP contribution in [0.15, 0.2) is 24.8 Å². The van der Waals surface area contributed by atoms with Crippen LogP contribution in [0.25, 0.3) is 0 Å². The van der Waals surface area contributed by atoms with E-state index < -0.39 is 0 Å². The van der Waals surface area contributed by atoms with Crippen LogP contribution in [-0.4, -0.2) is 84.2 Å². The molecule has 8 nitrogen and oxygen atoms in total. The zero-order valence-electron chi connectivity index (χ0n) is 15.5. The van der Waals surface area contributed by atoms with Gasteiger partial charge in [0.25, 0.3) is 0 Å². The van der Waals surface area contributed by atoms with Crippen molar-refractivity contribution in [2.75, 3.05) is 74.1 Å². The van der Waals surface area contributed by atoms with Gasteiger partial charge in [0.05, 0.1) is 0 Å². The molecule has 0 radical (unpaired) electrons. The standard InChI is InChI=1S/C18H26N8/c1-15-12-19-18(20-13-15)26-9-7-25(8-10-26)17-11-16(21-14-22-17)24-5-3-23(2)4-6-24/h11-14H,3-10H2,1-2H3. The van der Waals surface area contributed by atoms with Crippen molar-refractivity contribution in [2.24, 2.45) is 0 Å². The highest BCUT2D eigenvalue weighted by molar-refractivity contribution is 5.51. The molecule has 8 heteroatoms. The molecule has 0 saturated carbocycles. The maximum Gasteiger partial charge on any atom is 0.225 e. The molecule has 0 bridgehead atoms. The van der Waals surface area contributed by atoms with Gasteiger partial charge in [0.1, 0.15) is 18.0 Å². The normalized spacial score (nSPS) is 19.1. The number of likely N-dealkylation sites (N-methyl/N-ethyl adjacent to an activating group) is 1. The summed E-state index contributed by atoms with van der Waals surface area (Å²) in [4.78, 5) is 27.1. The highest BCUT2D eigenvalue weighted by Gasteiger charge is 2.21. The third-order valence-corrected chi connectivity index (χ3v) is 5.12. The first-order valence-corrected chi connectivity index (χ1v) is 9.23. The van der Waals surface area contributed by atoms with Crippen LogP contribution < -0.4 is 14.7 Å². The number of aryl methyl sites for hydroxylation is 1.